The van der Waals surface area contributed by atoms with Crippen LogP contribution in [0.1, 0.15) is 6.42 Å². The molecule has 0 aromatic heterocycles. The first-order valence-electron chi connectivity index (χ1n) is 2.35. The molecule has 6 heteroatoms. The third kappa shape index (κ3) is 2.29. The molecule has 4 radical (unpaired) electrons. The van der Waals surface area contributed by atoms with Crippen LogP contribution < -0.4 is 0 Å². The van der Waals surface area contributed by atoms with Gasteiger partial charge >= 0.3 is 0 Å². The fraction of sp³-hybridized carbons (Fsp3) is 1.00. The van der Waals surface area contributed by atoms with Crippen LogP contribution in [0, 0.1) is 0 Å². The Balaban J connectivity index is 0.000000810. The van der Waals surface area contributed by atoms with Gasteiger partial charge in [-0.15, -0.1) is 0 Å². The summed E-state index contributed by atoms with van der Waals surface area (Å²) in [6.07, 6.45) is 0.934. The molecule has 1 aliphatic heterocycles. The maximum atomic E-state index is 5.30. The number of hydrogen-bond donors (Lipinski definition) is 0. The van der Waals surface area contributed by atoms with Crippen molar-refractivity contribution in [1.29, 1.82) is 0 Å². The molecule has 1 aliphatic rings. The number of halogens is 4. The van der Waals surface area contributed by atoms with Gasteiger partial charge in [0.05, 0.1) is 6.61 Å². The van der Waals surface area contributed by atoms with Crippen LogP contribution in [0.4, 0.5) is 0 Å². The molecule has 0 unspecified atom stereocenters. The van der Waals surface area contributed by atoms with E-state index in [1.54, 1.807) is 0 Å². The maximum absolute atomic E-state index is 5.30. The summed E-state index contributed by atoms with van der Waals surface area (Å²) >= 11 is 13.7. The largest absolute Gasteiger partial charge is 0.352 e. The molecule has 1 heterocycles. The fourth-order valence-electron chi connectivity index (χ4n) is 0.559. The Labute approximate surface area is 98.2 Å². The molecule has 0 saturated carbocycles. The van der Waals surface area contributed by atoms with Gasteiger partial charge in [0.2, 0.25) is 3.42 Å². The van der Waals surface area contributed by atoms with Crippen molar-refractivity contribution >= 4 is 74.7 Å². The van der Waals surface area contributed by atoms with Crippen molar-refractivity contribution in [2.75, 3.05) is 6.61 Å². The second-order valence-electron chi connectivity index (χ2n) is 1.82. The van der Waals surface area contributed by atoms with Gasteiger partial charge in [0.25, 0.3) is 0 Å². The van der Waals surface area contributed by atoms with E-state index < -0.39 is 3.42 Å². The third-order valence-corrected chi connectivity index (χ3v) is 6.97. The van der Waals surface area contributed by atoms with Gasteiger partial charge in [0.15, 0.2) is 0 Å². The highest BCUT2D eigenvalue weighted by Gasteiger charge is 2.50. The first-order chi connectivity index (χ1) is 3.96. The van der Waals surface area contributed by atoms with E-state index in [4.69, 9.17) is 4.74 Å². The zero-order chi connectivity index (χ0) is 7.12. The van der Waals surface area contributed by atoms with Crippen LogP contribution in [0.15, 0.2) is 0 Å². The topological polar surface area (TPSA) is 9.23 Å². The molecule has 0 amide bonds. The zero-order valence-corrected chi connectivity index (χ0v) is 12.2. The van der Waals surface area contributed by atoms with E-state index in [2.05, 4.69) is 63.7 Å². The van der Waals surface area contributed by atoms with E-state index in [1.807, 2.05) is 0 Å². The van der Waals surface area contributed by atoms with Crippen LogP contribution in [-0.2, 0) is 4.74 Å². The predicted octanol–water partition coefficient (Wildman–Crippen LogP) is 2.96. The average Bonchev–Trinajstić information content (AvgIpc) is 1.81. The monoisotopic (exact) mass is 412 g/mol. The van der Waals surface area contributed by atoms with Crippen LogP contribution in [0.25, 0.3) is 0 Å². The van der Waals surface area contributed by atoms with E-state index in [1.165, 1.54) is 0 Å². The average molecular weight is 416 g/mol. The van der Waals surface area contributed by atoms with Crippen LogP contribution in [0.2, 0.25) is 0 Å². The molecule has 0 N–H and O–H groups in total. The number of hydrogen-bond acceptors (Lipinski definition) is 1. The number of alkyl halides is 4. The molecular formula is C4H4Br4OSi. The quantitative estimate of drug-likeness (QED) is 0.437. The SMILES string of the molecule is BrC1(Br)CCOC1(Br)Br.[Si]. The van der Waals surface area contributed by atoms with Gasteiger partial charge in [-0.2, -0.15) is 0 Å². The van der Waals surface area contributed by atoms with Crippen molar-refractivity contribution in [3.05, 3.63) is 0 Å². The maximum Gasteiger partial charge on any atom is 0.202 e. The second kappa shape index (κ2) is 3.87. The highest BCUT2D eigenvalue weighted by Crippen LogP contribution is 2.55. The van der Waals surface area contributed by atoms with Gasteiger partial charge in [0, 0.05) is 17.4 Å². The van der Waals surface area contributed by atoms with Gasteiger partial charge < -0.3 is 4.74 Å². The van der Waals surface area contributed by atoms with Crippen molar-refractivity contribution in [2.45, 2.75) is 13.1 Å². The normalized spacial score (nSPS) is 27.6. The highest BCUT2D eigenvalue weighted by atomic mass is 79.9. The summed E-state index contributed by atoms with van der Waals surface area (Å²) < 4.78 is 4.67. The fourth-order valence-corrected chi connectivity index (χ4v) is 1.83. The Morgan fingerprint density at radius 1 is 1.10 bits per heavy atom. The Morgan fingerprint density at radius 3 is 1.70 bits per heavy atom. The molecule has 0 bridgehead atoms. The lowest BCUT2D eigenvalue weighted by Gasteiger charge is -2.24. The molecule has 0 aliphatic carbocycles. The van der Waals surface area contributed by atoms with Gasteiger partial charge in [-0.3, -0.25) is 0 Å². The zero-order valence-electron chi connectivity index (χ0n) is 4.83. The molecule has 0 aromatic carbocycles. The summed E-state index contributed by atoms with van der Waals surface area (Å²) in [6, 6.07) is 0. The van der Waals surface area contributed by atoms with Crippen LogP contribution in [0.3, 0.4) is 0 Å². The molecule has 58 valence electrons. The minimum absolute atomic E-state index is 0. The number of rotatable bonds is 0. The van der Waals surface area contributed by atoms with Crippen LogP contribution in [0.5, 0.6) is 0 Å². The predicted molar refractivity (Wildman–Crippen MR) is 57.5 cm³/mol. The minimum atomic E-state index is -0.451. The highest BCUT2D eigenvalue weighted by molar-refractivity contribution is 9.30. The third-order valence-electron chi connectivity index (χ3n) is 1.13. The Morgan fingerprint density at radius 2 is 1.60 bits per heavy atom. The van der Waals surface area contributed by atoms with E-state index in [0.717, 1.165) is 13.0 Å². The van der Waals surface area contributed by atoms with E-state index in [-0.39, 0.29) is 14.2 Å². The summed E-state index contributed by atoms with van der Waals surface area (Å²) in [6.45, 7) is 0.743. The van der Waals surface area contributed by atoms with Crippen molar-refractivity contribution in [2.24, 2.45) is 0 Å². The molecule has 1 fully saturated rings. The van der Waals surface area contributed by atoms with Gasteiger partial charge in [0.1, 0.15) is 3.23 Å². The van der Waals surface area contributed by atoms with Crippen LogP contribution in [-0.4, -0.2) is 24.2 Å². The summed E-state index contributed by atoms with van der Waals surface area (Å²) in [7, 11) is 0. The lowest BCUT2D eigenvalue weighted by atomic mass is 10.4. The summed E-state index contributed by atoms with van der Waals surface area (Å²) in [5, 5.41) is 0. The second-order valence-corrected chi connectivity index (χ2v) is 8.89. The first kappa shape index (κ1) is 12.1. The molecule has 1 saturated heterocycles. The lowest BCUT2D eigenvalue weighted by molar-refractivity contribution is 0.160. The molecule has 1 nitrogen and oxygen atoms in total. The molecule has 10 heavy (non-hydrogen) atoms. The summed E-state index contributed by atoms with van der Waals surface area (Å²) in [5.74, 6) is 0. The van der Waals surface area contributed by atoms with Crippen molar-refractivity contribution in [3.8, 4) is 0 Å². The smallest absolute Gasteiger partial charge is 0.202 e. The van der Waals surface area contributed by atoms with Gasteiger partial charge in [-0.05, 0) is 31.9 Å². The lowest BCUT2D eigenvalue weighted by Crippen LogP contribution is -2.28. The van der Waals surface area contributed by atoms with E-state index in [0.29, 0.717) is 0 Å². The summed E-state index contributed by atoms with van der Waals surface area (Å²) in [5.41, 5.74) is 0. The molecule has 0 atom stereocenters. The first-order valence-corrected chi connectivity index (χ1v) is 5.52. The Kier molecular flexibility index (Phi) is 4.68. The summed E-state index contributed by atoms with van der Waals surface area (Å²) in [4.78, 5) is 0. The molecule has 1 rings (SSSR count). The molecule has 0 spiro atoms. The van der Waals surface area contributed by atoms with Crippen molar-refractivity contribution in [1.82, 2.24) is 0 Å². The van der Waals surface area contributed by atoms with Crippen LogP contribution >= 0.6 is 63.7 Å². The molecule has 0 aromatic rings. The Bertz CT molecular complexity index is 112. The van der Waals surface area contributed by atoms with Gasteiger partial charge in [-0.25, -0.2) is 0 Å². The van der Waals surface area contributed by atoms with E-state index >= 15 is 0 Å². The number of ether oxygens (including phenoxy) is 1. The minimum Gasteiger partial charge on any atom is -0.352 e. The van der Waals surface area contributed by atoms with Crippen molar-refractivity contribution in [3.63, 3.8) is 0 Å². The Hall–Kier alpha value is 2.10. The van der Waals surface area contributed by atoms with E-state index in [9.17, 15) is 0 Å². The standard InChI is InChI=1S/C4H4Br4O.Si/c5-3(6)1-2-9-4(3,7)8;/h1-2H2;. The van der Waals surface area contributed by atoms with Gasteiger partial charge in [-0.1, -0.05) is 31.9 Å². The molecular weight excluding hydrogens is 412 g/mol. The van der Waals surface area contributed by atoms with Crippen molar-refractivity contribution < 1.29 is 4.74 Å².